The van der Waals surface area contributed by atoms with Crippen LogP contribution in [0.2, 0.25) is 0 Å². The van der Waals surface area contributed by atoms with E-state index in [1.807, 2.05) is 18.2 Å². The number of carboxylic acids is 1. The van der Waals surface area contributed by atoms with Gasteiger partial charge in [0.05, 0.1) is 13.5 Å². The molecule has 1 fully saturated rings. The smallest absolute Gasteiger partial charge is 0.305 e. The maximum Gasteiger partial charge on any atom is 0.305 e. The van der Waals surface area contributed by atoms with Crippen LogP contribution >= 0.6 is 15.9 Å². The Hall–Kier alpha value is -1.07. The van der Waals surface area contributed by atoms with Gasteiger partial charge in [-0.1, -0.05) is 22.4 Å². The van der Waals surface area contributed by atoms with E-state index in [9.17, 15) is 9.90 Å². The minimum Gasteiger partial charge on any atom is -0.496 e. The SMILES string of the molecule is COc1ccc(Br)cc1C(CC(=O)O)N1CCCCC1. The molecule has 1 aliphatic rings. The Balaban J connectivity index is 2.34. The van der Waals surface area contributed by atoms with Crippen LogP contribution in [0.5, 0.6) is 5.75 Å². The molecule has 1 aliphatic heterocycles. The second-order valence-electron chi connectivity index (χ2n) is 5.10. The highest BCUT2D eigenvalue weighted by Crippen LogP contribution is 2.35. The Morgan fingerprint density at radius 3 is 2.70 bits per heavy atom. The number of halogens is 1. The number of ether oxygens (including phenoxy) is 1. The summed E-state index contributed by atoms with van der Waals surface area (Å²) in [5.41, 5.74) is 0.950. The zero-order valence-corrected chi connectivity index (χ0v) is 13.2. The number of nitrogens with zero attached hydrogens (tertiary/aromatic N) is 1. The number of carbonyl (C=O) groups is 1. The van der Waals surface area contributed by atoms with E-state index in [2.05, 4.69) is 20.8 Å². The number of hydrogen-bond donors (Lipinski definition) is 1. The molecule has 1 heterocycles. The lowest BCUT2D eigenvalue weighted by Gasteiger charge is -2.34. The summed E-state index contributed by atoms with van der Waals surface area (Å²) in [6, 6.07) is 5.65. The molecule has 1 N–H and O–H groups in total. The summed E-state index contributed by atoms with van der Waals surface area (Å²) in [5.74, 6) is -0.0207. The van der Waals surface area contributed by atoms with E-state index in [0.29, 0.717) is 0 Å². The van der Waals surface area contributed by atoms with Gasteiger partial charge >= 0.3 is 5.97 Å². The molecule has 0 amide bonds. The van der Waals surface area contributed by atoms with Gasteiger partial charge in [-0.2, -0.15) is 0 Å². The molecule has 0 bridgehead atoms. The van der Waals surface area contributed by atoms with Crippen LogP contribution in [0.3, 0.4) is 0 Å². The van der Waals surface area contributed by atoms with Crippen molar-refractivity contribution in [3.63, 3.8) is 0 Å². The predicted octanol–water partition coefficient (Wildman–Crippen LogP) is 3.46. The van der Waals surface area contributed by atoms with E-state index < -0.39 is 5.97 Å². The number of benzene rings is 1. The summed E-state index contributed by atoms with van der Waals surface area (Å²) in [6.07, 6.45) is 3.59. The van der Waals surface area contributed by atoms with E-state index >= 15 is 0 Å². The highest BCUT2D eigenvalue weighted by molar-refractivity contribution is 9.10. The second kappa shape index (κ2) is 7.09. The van der Waals surface area contributed by atoms with Gasteiger partial charge < -0.3 is 9.84 Å². The van der Waals surface area contributed by atoms with Crippen molar-refractivity contribution < 1.29 is 14.6 Å². The Kier molecular flexibility index (Phi) is 5.43. The van der Waals surface area contributed by atoms with Gasteiger partial charge in [0, 0.05) is 16.1 Å². The van der Waals surface area contributed by atoms with Gasteiger partial charge in [-0.25, -0.2) is 0 Å². The average molecular weight is 342 g/mol. The minimum atomic E-state index is -0.775. The fourth-order valence-corrected chi connectivity index (χ4v) is 3.18. The van der Waals surface area contributed by atoms with Crippen LogP contribution in [-0.2, 0) is 4.79 Å². The Morgan fingerprint density at radius 1 is 1.40 bits per heavy atom. The van der Waals surface area contributed by atoms with Crippen LogP contribution in [0.1, 0.15) is 37.3 Å². The van der Waals surface area contributed by atoms with Crippen molar-refractivity contribution in [2.24, 2.45) is 0 Å². The van der Waals surface area contributed by atoms with Gasteiger partial charge in [0.2, 0.25) is 0 Å². The molecule has 0 aromatic heterocycles. The molecular formula is C15H20BrNO3. The largest absolute Gasteiger partial charge is 0.496 e. The maximum atomic E-state index is 11.2. The molecule has 5 heteroatoms. The molecule has 2 rings (SSSR count). The molecule has 0 saturated carbocycles. The summed E-state index contributed by atoms with van der Waals surface area (Å²) < 4.78 is 6.36. The summed E-state index contributed by atoms with van der Waals surface area (Å²) in [5, 5.41) is 9.23. The van der Waals surface area contributed by atoms with Crippen LogP contribution < -0.4 is 4.74 Å². The molecule has 0 spiro atoms. The highest BCUT2D eigenvalue weighted by atomic mass is 79.9. The van der Waals surface area contributed by atoms with Gasteiger partial charge in [-0.05, 0) is 44.1 Å². The fraction of sp³-hybridized carbons (Fsp3) is 0.533. The third kappa shape index (κ3) is 3.73. The number of rotatable bonds is 5. The zero-order chi connectivity index (χ0) is 14.5. The van der Waals surface area contributed by atoms with E-state index in [1.165, 1.54) is 6.42 Å². The summed E-state index contributed by atoms with van der Waals surface area (Å²) in [4.78, 5) is 13.5. The third-order valence-corrected chi connectivity index (χ3v) is 4.24. The topological polar surface area (TPSA) is 49.8 Å². The summed E-state index contributed by atoms with van der Waals surface area (Å²) in [7, 11) is 1.63. The first kappa shape index (κ1) is 15.3. The first-order chi connectivity index (χ1) is 9.61. The van der Waals surface area contributed by atoms with Crippen LogP contribution in [0.15, 0.2) is 22.7 Å². The van der Waals surface area contributed by atoms with Crippen molar-refractivity contribution in [2.45, 2.75) is 31.7 Å². The van der Waals surface area contributed by atoms with Crippen LogP contribution in [0.25, 0.3) is 0 Å². The first-order valence-corrected chi connectivity index (χ1v) is 7.70. The van der Waals surface area contributed by atoms with Crippen LogP contribution in [-0.4, -0.2) is 36.2 Å². The van der Waals surface area contributed by atoms with Gasteiger partial charge in [-0.15, -0.1) is 0 Å². The molecular weight excluding hydrogens is 322 g/mol. The summed E-state index contributed by atoms with van der Waals surface area (Å²) in [6.45, 7) is 1.90. The molecule has 1 unspecified atom stereocenters. The fourth-order valence-electron chi connectivity index (χ4n) is 2.80. The zero-order valence-electron chi connectivity index (χ0n) is 11.6. The Bertz CT molecular complexity index is 472. The van der Waals surface area contributed by atoms with Crippen molar-refractivity contribution in [1.29, 1.82) is 0 Å². The first-order valence-electron chi connectivity index (χ1n) is 6.91. The molecule has 20 heavy (non-hydrogen) atoms. The molecule has 1 aromatic rings. The number of likely N-dealkylation sites (tertiary alicyclic amines) is 1. The van der Waals surface area contributed by atoms with E-state index in [0.717, 1.165) is 41.7 Å². The number of carboxylic acid groups (broad SMARTS) is 1. The lowest BCUT2D eigenvalue weighted by molar-refractivity contribution is -0.138. The van der Waals surface area contributed by atoms with Crippen molar-refractivity contribution in [3.8, 4) is 5.75 Å². The van der Waals surface area contributed by atoms with Crippen molar-refractivity contribution in [2.75, 3.05) is 20.2 Å². The Morgan fingerprint density at radius 2 is 2.10 bits per heavy atom. The number of methoxy groups -OCH3 is 1. The van der Waals surface area contributed by atoms with Crippen LogP contribution in [0.4, 0.5) is 0 Å². The molecule has 1 saturated heterocycles. The predicted molar refractivity (Wildman–Crippen MR) is 81.1 cm³/mol. The maximum absolute atomic E-state index is 11.2. The normalized spacial score (nSPS) is 17.7. The van der Waals surface area contributed by atoms with Crippen LogP contribution in [0, 0.1) is 0 Å². The van der Waals surface area contributed by atoms with Gasteiger partial charge in [0.25, 0.3) is 0 Å². The van der Waals surface area contributed by atoms with E-state index in [4.69, 9.17) is 4.74 Å². The standard InChI is InChI=1S/C15H20BrNO3/c1-20-14-6-5-11(16)9-12(14)13(10-15(18)19)17-7-3-2-4-8-17/h5-6,9,13H,2-4,7-8,10H2,1H3,(H,18,19). The molecule has 4 nitrogen and oxygen atoms in total. The molecule has 0 aliphatic carbocycles. The second-order valence-corrected chi connectivity index (χ2v) is 6.01. The van der Waals surface area contributed by atoms with Crippen molar-refractivity contribution >= 4 is 21.9 Å². The van der Waals surface area contributed by atoms with Crippen molar-refractivity contribution in [1.82, 2.24) is 4.90 Å². The third-order valence-electron chi connectivity index (χ3n) is 3.75. The monoisotopic (exact) mass is 341 g/mol. The average Bonchev–Trinajstić information content (AvgIpc) is 2.45. The molecule has 110 valence electrons. The number of aliphatic carboxylic acids is 1. The van der Waals surface area contributed by atoms with Gasteiger partial charge in [0.1, 0.15) is 5.75 Å². The van der Waals surface area contributed by atoms with E-state index in [1.54, 1.807) is 7.11 Å². The lowest BCUT2D eigenvalue weighted by atomic mass is 9.98. The lowest BCUT2D eigenvalue weighted by Crippen LogP contribution is -2.35. The number of piperidine rings is 1. The van der Waals surface area contributed by atoms with Gasteiger partial charge in [0.15, 0.2) is 0 Å². The number of hydrogen-bond acceptors (Lipinski definition) is 3. The molecule has 1 atom stereocenters. The van der Waals surface area contributed by atoms with Crippen molar-refractivity contribution in [3.05, 3.63) is 28.2 Å². The molecule has 0 radical (unpaired) electrons. The quantitative estimate of drug-likeness (QED) is 0.890. The molecule has 1 aromatic carbocycles. The highest BCUT2D eigenvalue weighted by Gasteiger charge is 2.27. The van der Waals surface area contributed by atoms with Gasteiger partial charge in [-0.3, -0.25) is 9.69 Å². The Labute approximate surface area is 127 Å². The van der Waals surface area contributed by atoms with E-state index in [-0.39, 0.29) is 12.5 Å². The minimum absolute atomic E-state index is 0.104. The summed E-state index contributed by atoms with van der Waals surface area (Å²) >= 11 is 3.46.